The van der Waals surface area contributed by atoms with Crippen LogP contribution in [0.1, 0.15) is 13.3 Å². The van der Waals surface area contributed by atoms with Crippen molar-refractivity contribution in [3.05, 3.63) is 0 Å². The summed E-state index contributed by atoms with van der Waals surface area (Å²) in [6, 6.07) is 0. The lowest BCUT2D eigenvalue weighted by atomic mass is 10.1. The maximum Gasteiger partial charge on any atom is 0.128 e. The van der Waals surface area contributed by atoms with Gasteiger partial charge >= 0.3 is 0 Å². The predicted molar refractivity (Wildman–Crippen MR) is 32.1 cm³/mol. The van der Waals surface area contributed by atoms with Crippen LogP contribution >= 0.6 is 0 Å². The van der Waals surface area contributed by atoms with Crippen LogP contribution in [0, 0.1) is 5.92 Å². The SMILES string of the molecule is CC1=NCCC1C=O. The molecule has 44 valence electrons. The van der Waals surface area contributed by atoms with Crippen molar-refractivity contribution in [3.63, 3.8) is 0 Å². The van der Waals surface area contributed by atoms with Crippen LogP contribution in [-0.2, 0) is 4.79 Å². The van der Waals surface area contributed by atoms with Crippen LogP contribution in [0.15, 0.2) is 4.99 Å². The van der Waals surface area contributed by atoms with E-state index in [1.54, 1.807) is 0 Å². The third-order valence-corrected chi connectivity index (χ3v) is 1.50. The summed E-state index contributed by atoms with van der Waals surface area (Å²) >= 11 is 0. The summed E-state index contributed by atoms with van der Waals surface area (Å²) in [7, 11) is 0. The molecule has 0 aromatic rings. The standard InChI is InChI=1S/C6H9NO/c1-5-6(4-8)2-3-7-5/h4,6H,2-3H2,1H3. The minimum atomic E-state index is 0.134. The smallest absolute Gasteiger partial charge is 0.128 e. The van der Waals surface area contributed by atoms with Gasteiger partial charge < -0.3 is 4.79 Å². The zero-order valence-electron chi connectivity index (χ0n) is 4.92. The normalized spacial score (nSPS) is 27.6. The first-order valence-electron chi connectivity index (χ1n) is 2.81. The summed E-state index contributed by atoms with van der Waals surface area (Å²) in [6.07, 6.45) is 1.90. The summed E-state index contributed by atoms with van der Waals surface area (Å²) in [4.78, 5) is 14.2. The molecule has 0 fully saturated rings. The minimum Gasteiger partial charge on any atom is -0.303 e. The quantitative estimate of drug-likeness (QED) is 0.457. The minimum absolute atomic E-state index is 0.134. The Labute approximate surface area is 48.6 Å². The summed E-state index contributed by atoms with van der Waals surface area (Å²) in [5.41, 5.74) is 1.00. The van der Waals surface area contributed by atoms with Gasteiger partial charge in [-0.15, -0.1) is 0 Å². The topological polar surface area (TPSA) is 29.4 Å². The molecule has 0 aromatic heterocycles. The summed E-state index contributed by atoms with van der Waals surface area (Å²) < 4.78 is 0. The molecule has 1 heterocycles. The van der Waals surface area contributed by atoms with E-state index >= 15 is 0 Å². The Balaban J connectivity index is 2.58. The Bertz CT molecular complexity index is 128. The Morgan fingerprint density at radius 3 is 2.88 bits per heavy atom. The number of carbonyl (C=O) groups is 1. The van der Waals surface area contributed by atoms with Gasteiger partial charge in [-0.2, -0.15) is 0 Å². The maximum absolute atomic E-state index is 10.1. The van der Waals surface area contributed by atoms with Crippen LogP contribution in [0.5, 0.6) is 0 Å². The molecule has 2 nitrogen and oxygen atoms in total. The second-order valence-electron chi connectivity index (χ2n) is 2.05. The zero-order chi connectivity index (χ0) is 5.98. The van der Waals surface area contributed by atoms with E-state index in [2.05, 4.69) is 4.99 Å². The van der Waals surface area contributed by atoms with Crippen LogP contribution in [0.3, 0.4) is 0 Å². The van der Waals surface area contributed by atoms with E-state index in [4.69, 9.17) is 0 Å². The Kier molecular flexibility index (Phi) is 1.42. The highest BCUT2D eigenvalue weighted by Crippen LogP contribution is 2.09. The Morgan fingerprint density at radius 1 is 1.88 bits per heavy atom. The Hall–Kier alpha value is -0.660. The van der Waals surface area contributed by atoms with Gasteiger partial charge in [0.25, 0.3) is 0 Å². The predicted octanol–water partition coefficient (Wildman–Crippen LogP) is 0.666. The van der Waals surface area contributed by atoms with Crippen molar-refractivity contribution >= 4 is 12.0 Å². The molecule has 1 unspecified atom stereocenters. The lowest BCUT2D eigenvalue weighted by Gasteiger charge is -1.94. The van der Waals surface area contributed by atoms with Crippen LogP contribution in [0.25, 0.3) is 0 Å². The highest BCUT2D eigenvalue weighted by molar-refractivity contribution is 5.96. The van der Waals surface area contributed by atoms with Gasteiger partial charge in [0.05, 0.1) is 5.92 Å². The molecule has 0 saturated heterocycles. The summed E-state index contributed by atoms with van der Waals surface area (Å²) in [5.74, 6) is 0.134. The molecule has 1 aliphatic heterocycles. The molecule has 0 saturated carbocycles. The molecule has 2 heteroatoms. The first-order valence-corrected chi connectivity index (χ1v) is 2.81. The fraction of sp³-hybridized carbons (Fsp3) is 0.667. The lowest BCUT2D eigenvalue weighted by molar-refractivity contribution is -0.109. The van der Waals surface area contributed by atoms with Crippen molar-refractivity contribution in [2.45, 2.75) is 13.3 Å². The summed E-state index contributed by atoms with van der Waals surface area (Å²) in [5, 5.41) is 0. The number of aliphatic imine (C=N–C) groups is 1. The molecule has 0 radical (unpaired) electrons. The van der Waals surface area contributed by atoms with Gasteiger partial charge in [0, 0.05) is 12.3 Å². The van der Waals surface area contributed by atoms with E-state index in [-0.39, 0.29) is 5.92 Å². The molecule has 0 bridgehead atoms. The van der Waals surface area contributed by atoms with E-state index in [0.29, 0.717) is 0 Å². The molecule has 0 aromatic carbocycles. The third-order valence-electron chi connectivity index (χ3n) is 1.50. The van der Waals surface area contributed by atoms with Crippen molar-refractivity contribution in [3.8, 4) is 0 Å². The van der Waals surface area contributed by atoms with Gasteiger partial charge in [0.2, 0.25) is 0 Å². The summed E-state index contributed by atoms with van der Waals surface area (Å²) in [6.45, 7) is 2.75. The number of aldehydes is 1. The molecular formula is C6H9NO. The molecule has 0 N–H and O–H groups in total. The van der Waals surface area contributed by atoms with E-state index in [0.717, 1.165) is 25.0 Å². The van der Waals surface area contributed by atoms with Crippen molar-refractivity contribution < 1.29 is 4.79 Å². The van der Waals surface area contributed by atoms with E-state index < -0.39 is 0 Å². The van der Waals surface area contributed by atoms with Crippen molar-refractivity contribution in [2.24, 2.45) is 10.9 Å². The first-order chi connectivity index (χ1) is 3.84. The highest BCUT2D eigenvalue weighted by atomic mass is 16.1. The molecule has 8 heavy (non-hydrogen) atoms. The van der Waals surface area contributed by atoms with Gasteiger partial charge in [-0.3, -0.25) is 4.99 Å². The van der Waals surface area contributed by atoms with E-state index in [1.807, 2.05) is 6.92 Å². The second kappa shape index (κ2) is 2.07. The maximum atomic E-state index is 10.1. The van der Waals surface area contributed by atoms with Crippen LogP contribution in [0.4, 0.5) is 0 Å². The fourth-order valence-corrected chi connectivity index (χ4v) is 0.873. The van der Waals surface area contributed by atoms with Crippen molar-refractivity contribution in [1.82, 2.24) is 0 Å². The number of nitrogens with zero attached hydrogens (tertiary/aromatic N) is 1. The Morgan fingerprint density at radius 2 is 2.62 bits per heavy atom. The lowest BCUT2D eigenvalue weighted by Crippen LogP contribution is -2.06. The van der Waals surface area contributed by atoms with Crippen LogP contribution < -0.4 is 0 Å². The number of hydrogen-bond donors (Lipinski definition) is 0. The molecule has 1 atom stereocenters. The monoisotopic (exact) mass is 111 g/mol. The molecule has 1 rings (SSSR count). The largest absolute Gasteiger partial charge is 0.303 e. The van der Waals surface area contributed by atoms with Gasteiger partial charge in [-0.25, -0.2) is 0 Å². The highest BCUT2D eigenvalue weighted by Gasteiger charge is 2.14. The first kappa shape index (κ1) is 5.48. The zero-order valence-corrected chi connectivity index (χ0v) is 4.92. The van der Waals surface area contributed by atoms with Crippen molar-refractivity contribution in [1.29, 1.82) is 0 Å². The molecule has 1 aliphatic rings. The van der Waals surface area contributed by atoms with E-state index in [9.17, 15) is 4.79 Å². The third kappa shape index (κ3) is 0.782. The molecule has 0 aliphatic carbocycles. The molecular weight excluding hydrogens is 102 g/mol. The van der Waals surface area contributed by atoms with Crippen LogP contribution in [0.2, 0.25) is 0 Å². The van der Waals surface area contributed by atoms with Gasteiger partial charge in [0.15, 0.2) is 0 Å². The van der Waals surface area contributed by atoms with E-state index in [1.165, 1.54) is 0 Å². The molecule has 0 spiro atoms. The van der Waals surface area contributed by atoms with Gasteiger partial charge in [-0.1, -0.05) is 0 Å². The van der Waals surface area contributed by atoms with Crippen molar-refractivity contribution in [2.75, 3.05) is 6.54 Å². The average molecular weight is 111 g/mol. The van der Waals surface area contributed by atoms with Gasteiger partial charge in [0.1, 0.15) is 6.29 Å². The van der Waals surface area contributed by atoms with Crippen LogP contribution in [-0.4, -0.2) is 18.5 Å². The fourth-order valence-electron chi connectivity index (χ4n) is 0.873. The number of rotatable bonds is 1. The van der Waals surface area contributed by atoms with Gasteiger partial charge in [-0.05, 0) is 13.3 Å². The number of carbonyl (C=O) groups excluding carboxylic acids is 1. The molecule has 0 amide bonds. The average Bonchev–Trinajstić information content (AvgIpc) is 2.14. The second-order valence-corrected chi connectivity index (χ2v) is 2.05. The number of hydrogen-bond acceptors (Lipinski definition) is 2.